The minimum atomic E-state index is -0.172. The molecule has 1 aliphatic heterocycles. The maximum atomic E-state index is 11.4. The van der Waals surface area contributed by atoms with Gasteiger partial charge in [0.05, 0.1) is 0 Å². The predicted molar refractivity (Wildman–Crippen MR) is 61.0 cm³/mol. The molecule has 0 atom stereocenters. The quantitative estimate of drug-likeness (QED) is 0.682. The lowest BCUT2D eigenvalue weighted by atomic mass is 9.42. The van der Waals surface area contributed by atoms with Crippen molar-refractivity contribution in [3.8, 4) is 0 Å². The third kappa shape index (κ3) is 1.53. The van der Waals surface area contributed by atoms with Crippen molar-refractivity contribution < 1.29 is 9.53 Å². The van der Waals surface area contributed by atoms with Crippen LogP contribution < -0.4 is 0 Å². The van der Waals surface area contributed by atoms with Crippen molar-refractivity contribution in [2.75, 3.05) is 19.7 Å². The lowest BCUT2D eigenvalue weighted by Gasteiger charge is -2.64. The van der Waals surface area contributed by atoms with Crippen molar-refractivity contribution >= 4 is 6.09 Å². The van der Waals surface area contributed by atoms with Crippen LogP contribution in [-0.2, 0) is 4.74 Å². The third-order valence-corrected chi connectivity index (χ3v) is 4.43. The Morgan fingerprint density at radius 3 is 2.62 bits per heavy atom. The Balaban J connectivity index is 1.37. The van der Waals surface area contributed by atoms with E-state index in [4.69, 9.17) is 4.74 Å². The number of carbonyl (C=O) groups is 1. The van der Waals surface area contributed by atoms with E-state index < -0.39 is 0 Å². The Morgan fingerprint density at radius 2 is 2.12 bits per heavy atom. The van der Waals surface area contributed by atoms with Crippen LogP contribution >= 0.6 is 0 Å². The molecule has 1 saturated heterocycles. The average Bonchev–Trinajstić information content (AvgIpc) is 2.07. The van der Waals surface area contributed by atoms with Crippen molar-refractivity contribution in [1.29, 1.82) is 0 Å². The fourth-order valence-corrected chi connectivity index (χ4v) is 3.59. The molecule has 4 aliphatic rings. The Morgan fingerprint density at radius 1 is 1.44 bits per heavy atom. The molecule has 4 fully saturated rings. The van der Waals surface area contributed by atoms with Gasteiger partial charge in [-0.05, 0) is 42.9 Å². The van der Waals surface area contributed by atoms with Crippen molar-refractivity contribution in [2.24, 2.45) is 17.3 Å². The van der Waals surface area contributed by atoms with E-state index in [0.29, 0.717) is 12.0 Å². The van der Waals surface area contributed by atoms with Gasteiger partial charge < -0.3 is 9.64 Å². The number of nitrogens with zero attached hydrogens (tertiary/aromatic N) is 1. The molecule has 0 spiro atoms. The second-order valence-corrected chi connectivity index (χ2v) is 5.82. The molecule has 4 rings (SSSR count). The van der Waals surface area contributed by atoms with Crippen LogP contribution in [0.15, 0.2) is 12.7 Å². The highest BCUT2D eigenvalue weighted by atomic mass is 16.6. The molecule has 0 N–H and O–H groups in total. The largest absolute Gasteiger partial charge is 0.445 e. The summed E-state index contributed by atoms with van der Waals surface area (Å²) in [5.74, 6) is 1.80. The van der Waals surface area contributed by atoms with Gasteiger partial charge in [-0.15, -0.1) is 0 Å². The molecule has 3 heteroatoms. The summed E-state index contributed by atoms with van der Waals surface area (Å²) in [5, 5.41) is 0. The van der Waals surface area contributed by atoms with Gasteiger partial charge in [-0.2, -0.15) is 0 Å². The second kappa shape index (κ2) is 3.51. The monoisotopic (exact) mass is 221 g/mol. The molecular formula is C13H19NO2. The summed E-state index contributed by atoms with van der Waals surface area (Å²) in [5.41, 5.74) is 0.715. The van der Waals surface area contributed by atoms with E-state index in [1.165, 1.54) is 25.7 Å². The topological polar surface area (TPSA) is 29.5 Å². The van der Waals surface area contributed by atoms with Crippen LogP contribution in [0.1, 0.15) is 25.7 Å². The van der Waals surface area contributed by atoms with Gasteiger partial charge in [0, 0.05) is 13.1 Å². The maximum Gasteiger partial charge on any atom is 0.410 e. The van der Waals surface area contributed by atoms with Gasteiger partial charge in [0.2, 0.25) is 0 Å². The van der Waals surface area contributed by atoms with Crippen molar-refractivity contribution in [2.45, 2.75) is 25.7 Å². The molecule has 0 aromatic carbocycles. The standard InChI is InChI=1S/C13H19NO2/c1-2-3-16-12(15)14-8-11(9-14)7-13-4-10(5-13)6-13/h2,10-11H,1,3-9H2. The van der Waals surface area contributed by atoms with Gasteiger partial charge in [-0.25, -0.2) is 4.79 Å². The van der Waals surface area contributed by atoms with E-state index in [1.54, 1.807) is 11.0 Å². The van der Waals surface area contributed by atoms with Crippen LogP contribution in [0.2, 0.25) is 0 Å². The summed E-state index contributed by atoms with van der Waals surface area (Å²) in [6.45, 7) is 5.66. The number of ether oxygens (including phenoxy) is 1. The van der Waals surface area contributed by atoms with Crippen LogP contribution in [0.3, 0.4) is 0 Å². The molecular weight excluding hydrogens is 202 g/mol. The highest BCUT2D eigenvalue weighted by Crippen LogP contribution is 2.67. The van der Waals surface area contributed by atoms with E-state index >= 15 is 0 Å². The molecule has 0 aromatic heterocycles. The van der Waals surface area contributed by atoms with Crippen molar-refractivity contribution in [3.63, 3.8) is 0 Å². The molecule has 88 valence electrons. The normalized spacial score (nSPS) is 35.8. The predicted octanol–water partition coefficient (Wildman–Crippen LogP) is 2.43. The molecule has 3 aliphatic carbocycles. The summed E-state index contributed by atoms with van der Waals surface area (Å²) in [6, 6.07) is 0. The molecule has 0 unspecified atom stereocenters. The molecule has 0 radical (unpaired) electrons. The zero-order valence-corrected chi connectivity index (χ0v) is 9.65. The summed E-state index contributed by atoms with van der Waals surface area (Å²) < 4.78 is 4.99. The van der Waals surface area contributed by atoms with E-state index in [1.807, 2.05) is 0 Å². The minimum Gasteiger partial charge on any atom is -0.445 e. The molecule has 16 heavy (non-hydrogen) atoms. The van der Waals surface area contributed by atoms with Crippen LogP contribution in [-0.4, -0.2) is 30.7 Å². The van der Waals surface area contributed by atoms with Gasteiger partial charge in [0.25, 0.3) is 0 Å². The summed E-state index contributed by atoms with van der Waals surface area (Å²) in [4.78, 5) is 13.2. The van der Waals surface area contributed by atoms with Crippen LogP contribution in [0, 0.1) is 17.3 Å². The molecule has 3 saturated carbocycles. The zero-order chi connectivity index (χ0) is 11.2. The van der Waals surface area contributed by atoms with Gasteiger partial charge in [0.1, 0.15) is 6.61 Å². The van der Waals surface area contributed by atoms with E-state index in [-0.39, 0.29) is 6.09 Å². The fourth-order valence-electron chi connectivity index (χ4n) is 3.59. The van der Waals surface area contributed by atoms with Crippen LogP contribution in [0.25, 0.3) is 0 Å². The van der Waals surface area contributed by atoms with E-state index in [9.17, 15) is 4.79 Å². The van der Waals surface area contributed by atoms with Crippen LogP contribution in [0.5, 0.6) is 0 Å². The highest BCUT2D eigenvalue weighted by molar-refractivity contribution is 5.68. The average molecular weight is 221 g/mol. The first-order valence-corrected chi connectivity index (χ1v) is 6.23. The number of amides is 1. The lowest BCUT2D eigenvalue weighted by molar-refractivity contribution is -0.133. The fraction of sp³-hybridized carbons (Fsp3) is 0.769. The van der Waals surface area contributed by atoms with Gasteiger partial charge >= 0.3 is 6.09 Å². The second-order valence-electron chi connectivity index (χ2n) is 5.82. The summed E-state index contributed by atoms with van der Waals surface area (Å²) >= 11 is 0. The first kappa shape index (κ1) is 10.2. The number of likely N-dealkylation sites (tertiary alicyclic amines) is 1. The van der Waals surface area contributed by atoms with Gasteiger partial charge in [0.15, 0.2) is 0 Å². The number of rotatable bonds is 4. The zero-order valence-electron chi connectivity index (χ0n) is 9.65. The van der Waals surface area contributed by atoms with Crippen LogP contribution in [0.4, 0.5) is 4.79 Å². The Bertz CT molecular complexity index is 303. The Hall–Kier alpha value is -0.990. The molecule has 3 nitrogen and oxygen atoms in total. The van der Waals surface area contributed by atoms with Gasteiger partial charge in [-0.1, -0.05) is 12.7 Å². The first-order valence-electron chi connectivity index (χ1n) is 6.23. The molecule has 1 heterocycles. The van der Waals surface area contributed by atoms with Crippen molar-refractivity contribution in [3.05, 3.63) is 12.7 Å². The Labute approximate surface area is 96.4 Å². The van der Waals surface area contributed by atoms with Crippen molar-refractivity contribution in [1.82, 2.24) is 4.90 Å². The first-order chi connectivity index (χ1) is 7.71. The number of carbonyl (C=O) groups excluding carboxylic acids is 1. The Kier molecular flexibility index (Phi) is 2.23. The lowest BCUT2D eigenvalue weighted by Crippen LogP contribution is -2.57. The number of hydrogen-bond donors (Lipinski definition) is 0. The van der Waals surface area contributed by atoms with Gasteiger partial charge in [-0.3, -0.25) is 0 Å². The minimum absolute atomic E-state index is 0.172. The molecule has 2 bridgehead atoms. The molecule has 1 amide bonds. The number of hydrogen-bond acceptors (Lipinski definition) is 2. The molecule has 0 aromatic rings. The van der Waals surface area contributed by atoms with E-state index in [2.05, 4.69) is 6.58 Å². The summed E-state index contributed by atoms with van der Waals surface area (Å²) in [7, 11) is 0. The summed E-state index contributed by atoms with van der Waals surface area (Å²) in [6.07, 6.45) is 7.17. The SMILES string of the molecule is C=CCOC(=O)N1CC(CC23CC(C2)C3)C1. The highest BCUT2D eigenvalue weighted by Gasteiger charge is 2.57. The third-order valence-electron chi connectivity index (χ3n) is 4.43. The van der Waals surface area contributed by atoms with E-state index in [0.717, 1.165) is 24.9 Å². The maximum absolute atomic E-state index is 11.4. The smallest absolute Gasteiger partial charge is 0.410 e.